The van der Waals surface area contributed by atoms with Crippen LogP contribution in [-0.4, -0.2) is 29.1 Å². The Labute approximate surface area is 159 Å². The predicted molar refractivity (Wildman–Crippen MR) is 104 cm³/mol. The van der Waals surface area contributed by atoms with E-state index in [1.54, 1.807) is 42.5 Å². The summed E-state index contributed by atoms with van der Waals surface area (Å²) in [7, 11) is 1.48. The van der Waals surface area contributed by atoms with Crippen LogP contribution in [0.15, 0.2) is 53.4 Å². The molecule has 0 radical (unpaired) electrons. The van der Waals surface area contributed by atoms with Gasteiger partial charge in [0.2, 0.25) is 0 Å². The number of nitrogens with one attached hydrogen (secondary N) is 1. The third-order valence-corrected chi connectivity index (χ3v) is 4.58. The number of imide groups is 1. The van der Waals surface area contributed by atoms with Gasteiger partial charge < -0.3 is 9.84 Å². The lowest BCUT2D eigenvalue weighted by Gasteiger charge is -2.04. The first-order valence-corrected chi connectivity index (χ1v) is 8.72. The number of carbonyl (C=O) groups is 3. The average molecular weight is 381 g/mol. The van der Waals surface area contributed by atoms with Crippen LogP contribution < -0.4 is 10.1 Å². The topological polar surface area (TPSA) is 92.7 Å². The summed E-state index contributed by atoms with van der Waals surface area (Å²) in [6, 6.07) is 11.6. The minimum absolute atomic E-state index is 0.116. The monoisotopic (exact) mass is 381 g/mol. The highest BCUT2D eigenvalue weighted by molar-refractivity contribution is 8.18. The second kappa shape index (κ2) is 7.92. The van der Waals surface area contributed by atoms with E-state index in [9.17, 15) is 19.5 Å². The quantitative estimate of drug-likeness (QED) is 0.607. The molecule has 0 aliphatic carbocycles. The third kappa shape index (κ3) is 4.45. The van der Waals surface area contributed by atoms with Crippen LogP contribution in [0.4, 0.5) is 4.79 Å². The van der Waals surface area contributed by atoms with E-state index < -0.39 is 5.91 Å². The minimum atomic E-state index is -0.405. The molecule has 1 aliphatic rings. The molecule has 7 heteroatoms. The number of carbonyl (C=O) groups excluding carboxylic acids is 3. The summed E-state index contributed by atoms with van der Waals surface area (Å²) in [6.45, 7) is 0. The van der Waals surface area contributed by atoms with Gasteiger partial charge in [0.25, 0.3) is 11.1 Å². The number of thioether (sulfide) groups is 1. The van der Waals surface area contributed by atoms with Crippen LogP contribution in [0.2, 0.25) is 0 Å². The number of allylic oxidation sites excluding steroid dienone is 1. The smallest absolute Gasteiger partial charge is 0.290 e. The summed E-state index contributed by atoms with van der Waals surface area (Å²) in [6.07, 6.45) is 4.61. The van der Waals surface area contributed by atoms with Crippen molar-refractivity contribution in [2.75, 3.05) is 7.11 Å². The van der Waals surface area contributed by atoms with Crippen molar-refractivity contribution in [3.8, 4) is 11.5 Å². The molecule has 6 nitrogen and oxygen atoms in total. The molecule has 136 valence electrons. The van der Waals surface area contributed by atoms with Crippen LogP contribution in [0.1, 0.15) is 21.5 Å². The van der Waals surface area contributed by atoms with Gasteiger partial charge in [0.1, 0.15) is 11.5 Å². The largest absolute Gasteiger partial charge is 0.507 e. The van der Waals surface area contributed by atoms with E-state index in [1.165, 1.54) is 25.3 Å². The molecule has 0 bridgehead atoms. The fraction of sp³-hybridized carbons (Fsp3) is 0.0500. The summed E-state index contributed by atoms with van der Waals surface area (Å²) in [4.78, 5) is 35.3. The van der Waals surface area contributed by atoms with Gasteiger partial charge in [-0.15, -0.1) is 0 Å². The molecular formula is C20H15NO5S. The number of phenolic OH excluding ortho intramolecular Hbond substituents is 1. The van der Waals surface area contributed by atoms with Crippen LogP contribution in [0.25, 0.3) is 12.2 Å². The molecule has 2 aromatic carbocycles. The summed E-state index contributed by atoms with van der Waals surface area (Å²) in [5.74, 6) is -0.392. The van der Waals surface area contributed by atoms with Crippen LogP contribution in [0.3, 0.4) is 0 Å². The van der Waals surface area contributed by atoms with E-state index >= 15 is 0 Å². The minimum Gasteiger partial charge on any atom is -0.507 e. The highest BCUT2D eigenvalue weighted by Crippen LogP contribution is 2.26. The normalized spacial score (nSPS) is 15.4. The summed E-state index contributed by atoms with van der Waals surface area (Å²) in [5, 5.41) is 11.6. The Kier molecular flexibility index (Phi) is 5.42. The maximum Gasteiger partial charge on any atom is 0.290 e. The molecule has 3 rings (SSSR count). The molecule has 1 saturated heterocycles. The molecule has 27 heavy (non-hydrogen) atoms. The lowest BCUT2D eigenvalue weighted by atomic mass is 10.1. The molecule has 0 unspecified atom stereocenters. The van der Waals surface area contributed by atoms with Crippen molar-refractivity contribution in [2.45, 2.75) is 0 Å². The molecular weight excluding hydrogens is 366 g/mol. The first-order chi connectivity index (χ1) is 13.0. The van der Waals surface area contributed by atoms with Gasteiger partial charge in [-0.1, -0.05) is 30.3 Å². The highest BCUT2D eigenvalue weighted by Gasteiger charge is 2.24. The first-order valence-electron chi connectivity index (χ1n) is 7.90. The van der Waals surface area contributed by atoms with Gasteiger partial charge in [0.15, 0.2) is 5.78 Å². The number of ether oxygens (including phenoxy) is 1. The molecule has 0 aromatic heterocycles. The zero-order valence-corrected chi connectivity index (χ0v) is 15.1. The molecule has 0 saturated carbocycles. The van der Waals surface area contributed by atoms with Crippen molar-refractivity contribution >= 4 is 40.8 Å². The maximum absolute atomic E-state index is 12.3. The molecule has 0 spiro atoms. The molecule has 0 atom stereocenters. The van der Waals surface area contributed by atoms with Crippen molar-refractivity contribution < 1.29 is 24.2 Å². The van der Waals surface area contributed by atoms with Crippen molar-refractivity contribution in [3.05, 3.63) is 70.1 Å². The number of benzene rings is 2. The van der Waals surface area contributed by atoms with Crippen molar-refractivity contribution in [3.63, 3.8) is 0 Å². The molecule has 1 aliphatic heterocycles. The zero-order chi connectivity index (χ0) is 19.4. The van der Waals surface area contributed by atoms with Crippen molar-refractivity contribution in [1.29, 1.82) is 0 Å². The van der Waals surface area contributed by atoms with Crippen molar-refractivity contribution in [2.24, 2.45) is 0 Å². The Bertz CT molecular complexity index is 976. The number of phenols is 1. The Morgan fingerprint density at radius 3 is 2.44 bits per heavy atom. The van der Waals surface area contributed by atoms with Crippen LogP contribution in [0, 0.1) is 0 Å². The molecule has 2 N–H and O–H groups in total. The SMILES string of the molecule is COc1ccc(O)c(C(=O)/C=C/c2ccc(/C=C3\SC(=O)NC3=O)cc2)c1. The van der Waals surface area contributed by atoms with E-state index in [2.05, 4.69) is 5.32 Å². The number of hydrogen-bond acceptors (Lipinski definition) is 6. The summed E-state index contributed by atoms with van der Waals surface area (Å²) in [5.41, 5.74) is 1.68. The lowest BCUT2D eigenvalue weighted by molar-refractivity contribution is -0.115. The van der Waals surface area contributed by atoms with Crippen LogP contribution >= 0.6 is 11.8 Å². The zero-order valence-electron chi connectivity index (χ0n) is 14.3. The molecule has 2 amide bonds. The van der Waals surface area contributed by atoms with Gasteiger partial charge >= 0.3 is 0 Å². The van der Waals surface area contributed by atoms with Gasteiger partial charge in [-0.05, 0) is 53.2 Å². The van der Waals surface area contributed by atoms with Gasteiger partial charge in [-0.2, -0.15) is 0 Å². The Balaban J connectivity index is 1.73. The van der Waals surface area contributed by atoms with Gasteiger partial charge in [0, 0.05) is 0 Å². The van der Waals surface area contributed by atoms with Crippen molar-refractivity contribution in [1.82, 2.24) is 5.32 Å². The van der Waals surface area contributed by atoms with E-state index in [0.29, 0.717) is 10.7 Å². The van der Waals surface area contributed by atoms with Crippen LogP contribution in [0.5, 0.6) is 11.5 Å². The highest BCUT2D eigenvalue weighted by atomic mass is 32.2. The van der Waals surface area contributed by atoms with E-state index in [0.717, 1.165) is 22.9 Å². The number of methoxy groups -OCH3 is 1. The van der Waals surface area contributed by atoms with Crippen LogP contribution in [-0.2, 0) is 4.79 Å². The maximum atomic E-state index is 12.3. The Hall–Kier alpha value is -3.32. The average Bonchev–Trinajstić information content (AvgIpc) is 2.98. The summed E-state index contributed by atoms with van der Waals surface area (Å²) >= 11 is 0.858. The van der Waals surface area contributed by atoms with Gasteiger partial charge in [-0.25, -0.2) is 0 Å². The lowest BCUT2D eigenvalue weighted by Crippen LogP contribution is -2.17. The Morgan fingerprint density at radius 1 is 1.11 bits per heavy atom. The summed E-state index contributed by atoms with van der Waals surface area (Å²) < 4.78 is 5.06. The standard InChI is InChI=1S/C20H15NO5S/c1-26-14-7-9-17(23)15(11-14)16(22)8-6-12-2-4-13(5-3-12)10-18-19(24)21-20(25)27-18/h2-11,23H,1H3,(H,21,24,25)/b8-6+,18-10-. The van der Waals surface area contributed by atoms with E-state index in [1.807, 2.05) is 0 Å². The number of amides is 2. The van der Waals surface area contributed by atoms with Gasteiger partial charge in [-0.3, -0.25) is 19.7 Å². The fourth-order valence-corrected chi connectivity index (χ4v) is 3.06. The number of aromatic hydroxyl groups is 1. The number of ketones is 1. The van der Waals surface area contributed by atoms with E-state index in [-0.39, 0.29) is 22.3 Å². The second-order valence-corrected chi connectivity index (χ2v) is 6.61. The Morgan fingerprint density at radius 2 is 1.81 bits per heavy atom. The second-order valence-electron chi connectivity index (χ2n) is 5.60. The van der Waals surface area contributed by atoms with Gasteiger partial charge in [0.05, 0.1) is 17.6 Å². The first kappa shape index (κ1) is 18.5. The molecule has 1 heterocycles. The number of hydrogen-bond donors (Lipinski definition) is 2. The molecule has 2 aromatic rings. The fourth-order valence-electron chi connectivity index (χ4n) is 2.38. The third-order valence-electron chi connectivity index (χ3n) is 3.77. The predicted octanol–water partition coefficient (Wildman–Crippen LogP) is 3.62. The number of rotatable bonds is 5. The van der Waals surface area contributed by atoms with E-state index in [4.69, 9.17) is 4.74 Å². The molecule has 1 fully saturated rings.